The SMILES string of the molecule is CCCc1c(-c2ccc(OC)cc2)oc(-c2ccc(OC)cc2)c1-c1ccc(OC)cc1. The number of furan rings is 1. The normalized spacial score (nSPS) is 10.8. The van der Waals surface area contributed by atoms with Gasteiger partial charge in [-0.05, 0) is 72.6 Å². The van der Waals surface area contributed by atoms with Crippen molar-refractivity contribution in [2.24, 2.45) is 0 Å². The van der Waals surface area contributed by atoms with E-state index in [1.807, 2.05) is 60.7 Å². The molecule has 1 heterocycles. The highest BCUT2D eigenvalue weighted by Crippen LogP contribution is 2.44. The summed E-state index contributed by atoms with van der Waals surface area (Å²) in [6.07, 6.45) is 1.91. The summed E-state index contributed by atoms with van der Waals surface area (Å²) in [5.41, 5.74) is 5.46. The third kappa shape index (κ3) is 4.22. The first-order valence-corrected chi connectivity index (χ1v) is 10.8. The Morgan fingerprint density at radius 3 is 1.38 bits per heavy atom. The molecule has 4 heteroatoms. The zero-order valence-corrected chi connectivity index (χ0v) is 19.0. The van der Waals surface area contributed by atoms with E-state index < -0.39 is 0 Å². The summed E-state index contributed by atoms with van der Waals surface area (Å²) in [6.45, 7) is 2.19. The number of hydrogen-bond donors (Lipinski definition) is 0. The molecule has 4 aromatic rings. The number of rotatable bonds is 8. The summed E-state index contributed by atoms with van der Waals surface area (Å²) in [5, 5.41) is 0. The second kappa shape index (κ2) is 9.65. The van der Waals surface area contributed by atoms with Crippen LogP contribution in [0.1, 0.15) is 18.9 Å². The van der Waals surface area contributed by atoms with E-state index >= 15 is 0 Å². The molecule has 0 spiro atoms. The van der Waals surface area contributed by atoms with E-state index in [9.17, 15) is 0 Å². The summed E-state index contributed by atoms with van der Waals surface area (Å²) in [5.74, 6) is 4.22. The van der Waals surface area contributed by atoms with Gasteiger partial charge in [0.1, 0.15) is 28.8 Å². The van der Waals surface area contributed by atoms with Crippen molar-refractivity contribution < 1.29 is 18.6 Å². The molecule has 0 amide bonds. The molecule has 1 aromatic heterocycles. The van der Waals surface area contributed by atoms with E-state index in [1.54, 1.807) is 21.3 Å². The van der Waals surface area contributed by atoms with Crippen LogP contribution in [0, 0.1) is 0 Å². The lowest BCUT2D eigenvalue weighted by atomic mass is 9.93. The Kier molecular flexibility index (Phi) is 6.50. The molecule has 0 aliphatic heterocycles. The van der Waals surface area contributed by atoms with Crippen molar-refractivity contribution in [3.05, 3.63) is 78.4 Å². The van der Waals surface area contributed by atoms with Gasteiger partial charge in [-0.1, -0.05) is 25.5 Å². The molecule has 0 atom stereocenters. The lowest BCUT2D eigenvalue weighted by Gasteiger charge is -2.09. The zero-order valence-electron chi connectivity index (χ0n) is 19.0. The van der Waals surface area contributed by atoms with Crippen LogP contribution in [0.25, 0.3) is 33.8 Å². The highest BCUT2D eigenvalue weighted by molar-refractivity contribution is 5.88. The fourth-order valence-corrected chi connectivity index (χ4v) is 3.94. The average molecular weight is 429 g/mol. The van der Waals surface area contributed by atoms with Gasteiger partial charge in [0.25, 0.3) is 0 Å². The van der Waals surface area contributed by atoms with Crippen LogP contribution in [0.4, 0.5) is 0 Å². The summed E-state index contributed by atoms with van der Waals surface area (Å²) in [4.78, 5) is 0. The van der Waals surface area contributed by atoms with Crippen LogP contribution in [0.15, 0.2) is 77.2 Å². The van der Waals surface area contributed by atoms with Gasteiger partial charge in [-0.15, -0.1) is 0 Å². The predicted molar refractivity (Wildman–Crippen MR) is 129 cm³/mol. The monoisotopic (exact) mass is 428 g/mol. The summed E-state index contributed by atoms with van der Waals surface area (Å²) in [6, 6.07) is 24.2. The maximum Gasteiger partial charge on any atom is 0.142 e. The van der Waals surface area contributed by atoms with Crippen molar-refractivity contribution in [2.45, 2.75) is 19.8 Å². The Labute approximate surface area is 189 Å². The van der Waals surface area contributed by atoms with Crippen molar-refractivity contribution in [1.29, 1.82) is 0 Å². The fourth-order valence-electron chi connectivity index (χ4n) is 3.94. The van der Waals surface area contributed by atoms with Gasteiger partial charge in [0.05, 0.1) is 21.3 Å². The maximum absolute atomic E-state index is 6.62. The van der Waals surface area contributed by atoms with Crippen molar-refractivity contribution in [3.63, 3.8) is 0 Å². The molecule has 32 heavy (non-hydrogen) atoms. The molecule has 0 radical (unpaired) electrons. The molecule has 0 saturated heterocycles. The Morgan fingerprint density at radius 2 is 0.969 bits per heavy atom. The maximum atomic E-state index is 6.62. The van der Waals surface area contributed by atoms with E-state index in [1.165, 1.54) is 5.56 Å². The molecule has 0 bridgehead atoms. The molecule has 164 valence electrons. The molecule has 0 fully saturated rings. The molecule has 4 rings (SSSR count). The van der Waals surface area contributed by atoms with Crippen LogP contribution >= 0.6 is 0 Å². The van der Waals surface area contributed by atoms with E-state index in [0.717, 1.165) is 63.9 Å². The van der Waals surface area contributed by atoms with Crippen LogP contribution in [0.2, 0.25) is 0 Å². The highest BCUT2D eigenvalue weighted by atomic mass is 16.5. The molecular weight excluding hydrogens is 400 g/mol. The quantitative estimate of drug-likeness (QED) is 0.296. The smallest absolute Gasteiger partial charge is 0.142 e. The summed E-state index contributed by atoms with van der Waals surface area (Å²) >= 11 is 0. The van der Waals surface area contributed by atoms with E-state index in [-0.39, 0.29) is 0 Å². The molecule has 0 unspecified atom stereocenters. The Bertz CT molecular complexity index is 1150. The van der Waals surface area contributed by atoms with Crippen molar-refractivity contribution >= 4 is 0 Å². The van der Waals surface area contributed by atoms with Gasteiger partial charge in [-0.3, -0.25) is 0 Å². The third-order valence-electron chi connectivity index (χ3n) is 5.59. The van der Waals surface area contributed by atoms with Crippen LogP contribution < -0.4 is 14.2 Å². The molecule has 4 nitrogen and oxygen atoms in total. The Balaban J connectivity index is 1.94. The number of hydrogen-bond acceptors (Lipinski definition) is 4. The summed E-state index contributed by atoms with van der Waals surface area (Å²) < 4.78 is 22.7. The molecule has 0 aliphatic rings. The predicted octanol–water partition coefficient (Wildman–Crippen LogP) is 7.26. The highest BCUT2D eigenvalue weighted by Gasteiger charge is 2.23. The van der Waals surface area contributed by atoms with Crippen molar-refractivity contribution in [1.82, 2.24) is 0 Å². The minimum Gasteiger partial charge on any atom is -0.497 e. The molecular formula is C28H28O4. The van der Waals surface area contributed by atoms with Gasteiger partial charge in [-0.25, -0.2) is 0 Å². The van der Waals surface area contributed by atoms with E-state index in [2.05, 4.69) is 19.1 Å². The number of ether oxygens (including phenoxy) is 3. The van der Waals surface area contributed by atoms with Gasteiger partial charge in [0.15, 0.2) is 0 Å². The first kappa shape index (κ1) is 21.6. The Hall–Kier alpha value is -3.66. The lowest BCUT2D eigenvalue weighted by Crippen LogP contribution is -1.91. The second-order valence-corrected chi connectivity index (χ2v) is 7.55. The van der Waals surface area contributed by atoms with Gasteiger partial charge in [0.2, 0.25) is 0 Å². The minimum atomic E-state index is 0.815. The molecule has 0 N–H and O–H groups in total. The van der Waals surface area contributed by atoms with Crippen LogP contribution in [0.3, 0.4) is 0 Å². The van der Waals surface area contributed by atoms with Crippen molar-refractivity contribution in [3.8, 4) is 51.0 Å². The molecule has 3 aromatic carbocycles. The molecule has 0 aliphatic carbocycles. The standard InChI is InChI=1S/C28H28O4/c1-5-6-25-26(19-7-13-22(29-2)14-8-19)28(21-11-17-24(31-4)18-12-21)32-27(25)20-9-15-23(30-3)16-10-20/h7-18H,5-6H2,1-4H3. The first-order valence-electron chi connectivity index (χ1n) is 10.8. The third-order valence-corrected chi connectivity index (χ3v) is 5.59. The minimum absolute atomic E-state index is 0.815. The molecule has 0 saturated carbocycles. The average Bonchev–Trinajstić information content (AvgIpc) is 3.23. The van der Waals surface area contributed by atoms with E-state index in [0.29, 0.717) is 0 Å². The van der Waals surface area contributed by atoms with Gasteiger partial charge < -0.3 is 18.6 Å². The van der Waals surface area contributed by atoms with Crippen LogP contribution in [-0.2, 0) is 6.42 Å². The Morgan fingerprint density at radius 1 is 0.562 bits per heavy atom. The second-order valence-electron chi connectivity index (χ2n) is 7.55. The van der Waals surface area contributed by atoms with E-state index in [4.69, 9.17) is 18.6 Å². The zero-order chi connectivity index (χ0) is 22.5. The topological polar surface area (TPSA) is 40.8 Å². The number of methoxy groups -OCH3 is 3. The van der Waals surface area contributed by atoms with Crippen LogP contribution in [-0.4, -0.2) is 21.3 Å². The van der Waals surface area contributed by atoms with Gasteiger partial charge in [-0.2, -0.15) is 0 Å². The number of benzene rings is 3. The van der Waals surface area contributed by atoms with Crippen molar-refractivity contribution in [2.75, 3.05) is 21.3 Å². The fraction of sp³-hybridized carbons (Fsp3) is 0.214. The van der Waals surface area contributed by atoms with Crippen LogP contribution in [0.5, 0.6) is 17.2 Å². The first-order chi connectivity index (χ1) is 15.7. The summed E-state index contributed by atoms with van der Waals surface area (Å²) in [7, 11) is 5.03. The van der Waals surface area contributed by atoms with Gasteiger partial charge >= 0.3 is 0 Å². The largest absolute Gasteiger partial charge is 0.497 e. The van der Waals surface area contributed by atoms with Gasteiger partial charge in [0, 0.05) is 22.3 Å². The lowest BCUT2D eigenvalue weighted by molar-refractivity contribution is 0.414.